The van der Waals surface area contributed by atoms with E-state index in [4.69, 9.17) is 15.6 Å². The number of nitrogen functional groups attached to an aromatic ring is 1. The number of nitrogens with two attached hydrogens (primary N) is 1. The minimum Gasteiger partial charge on any atom is -0.496 e. The molecule has 10 nitrogen and oxygen atoms in total. The summed E-state index contributed by atoms with van der Waals surface area (Å²) in [4.78, 5) is 23.7. The minimum absolute atomic E-state index is 0.192. The normalized spacial score (nSPS) is 13.0. The van der Waals surface area contributed by atoms with Crippen LogP contribution in [-0.2, 0) is 11.3 Å². The number of nitrogens with zero attached hydrogens (tertiary/aromatic N) is 4. The van der Waals surface area contributed by atoms with E-state index in [0.717, 1.165) is 77.0 Å². The van der Waals surface area contributed by atoms with Gasteiger partial charge in [0.25, 0.3) is 0 Å². The number of aliphatic hydroxyl groups is 1. The Morgan fingerprint density at radius 1 is 1.14 bits per heavy atom. The van der Waals surface area contributed by atoms with Crippen molar-refractivity contribution in [3.05, 3.63) is 59.7 Å². The lowest BCUT2D eigenvalue weighted by Gasteiger charge is -2.27. The number of nitrogens with one attached hydrogen (secondary N) is 2. The van der Waals surface area contributed by atoms with Crippen LogP contribution in [0, 0.1) is 0 Å². The summed E-state index contributed by atoms with van der Waals surface area (Å²) >= 11 is 0. The van der Waals surface area contributed by atoms with Gasteiger partial charge in [-0.1, -0.05) is 43.7 Å². The highest BCUT2D eigenvalue weighted by Crippen LogP contribution is 2.35. The second-order valence-corrected chi connectivity index (χ2v) is 10.5. The maximum atomic E-state index is 12.5. The number of fused-ring (bicyclic) bond motifs is 3. The molecule has 43 heavy (non-hydrogen) atoms. The van der Waals surface area contributed by atoms with Crippen LogP contribution in [0.5, 0.6) is 5.75 Å². The van der Waals surface area contributed by atoms with Crippen LogP contribution in [-0.4, -0.2) is 77.4 Å². The quantitative estimate of drug-likeness (QED) is 0.187. The van der Waals surface area contributed by atoms with Crippen LogP contribution in [0.4, 0.5) is 11.8 Å². The molecule has 0 fully saturated rings. The highest BCUT2D eigenvalue weighted by atomic mass is 16.5. The van der Waals surface area contributed by atoms with Crippen molar-refractivity contribution >= 4 is 45.2 Å². The first kappa shape index (κ1) is 31.8. The van der Waals surface area contributed by atoms with Gasteiger partial charge in [-0.05, 0) is 56.1 Å². The molecule has 0 saturated heterocycles. The van der Waals surface area contributed by atoms with Crippen molar-refractivity contribution in [1.29, 1.82) is 0 Å². The van der Waals surface area contributed by atoms with Gasteiger partial charge in [0, 0.05) is 50.2 Å². The molecule has 0 saturated carbocycles. The minimum atomic E-state index is 0.192. The van der Waals surface area contributed by atoms with E-state index in [-0.39, 0.29) is 18.5 Å². The van der Waals surface area contributed by atoms with Crippen molar-refractivity contribution < 1.29 is 14.6 Å². The number of aromatic nitrogens is 3. The van der Waals surface area contributed by atoms with Crippen molar-refractivity contribution in [2.24, 2.45) is 0 Å². The number of ether oxygens (including phenoxy) is 1. The van der Waals surface area contributed by atoms with Crippen molar-refractivity contribution in [2.75, 3.05) is 58.0 Å². The second kappa shape index (κ2) is 15.4. The van der Waals surface area contributed by atoms with Crippen LogP contribution in [0.25, 0.3) is 27.5 Å². The van der Waals surface area contributed by atoms with Crippen LogP contribution in [0.15, 0.2) is 48.5 Å². The lowest BCUT2D eigenvalue weighted by atomic mass is 9.97. The fourth-order valence-corrected chi connectivity index (χ4v) is 5.44. The van der Waals surface area contributed by atoms with Gasteiger partial charge >= 0.3 is 0 Å². The van der Waals surface area contributed by atoms with E-state index in [0.29, 0.717) is 26.1 Å². The molecule has 230 valence electrons. The van der Waals surface area contributed by atoms with Crippen molar-refractivity contribution in [2.45, 2.75) is 46.1 Å². The monoisotopic (exact) mass is 587 g/mol. The van der Waals surface area contributed by atoms with E-state index in [1.54, 1.807) is 14.0 Å². The van der Waals surface area contributed by atoms with Crippen LogP contribution in [0.3, 0.4) is 0 Å². The van der Waals surface area contributed by atoms with Crippen LogP contribution in [0.2, 0.25) is 0 Å². The molecular weight excluding hydrogens is 542 g/mol. The van der Waals surface area contributed by atoms with Crippen molar-refractivity contribution in [3.63, 3.8) is 0 Å². The summed E-state index contributed by atoms with van der Waals surface area (Å²) in [5.41, 5.74) is 12.5. The van der Waals surface area contributed by atoms with E-state index in [1.807, 2.05) is 30.1 Å². The number of aliphatic hydroxyl groups excluding tert-OH is 1. The van der Waals surface area contributed by atoms with Gasteiger partial charge in [-0.3, -0.25) is 4.79 Å². The molecule has 0 unspecified atom stereocenters. The lowest BCUT2D eigenvalue weighted by molar-refractivity contribution is -0.130. The summed E-state index contributed by atoms with van der Waals surface area (Å²) in [6.07, 6.45) is 5.65. The Kier molecular flexibility index (Phi) is 11.4. The largest absolute Gasteiger partial charge is 0.496 e. The number of benzene rings is 2. The summed E-state index contributed by atoms with van der Waals surface area (Å²) in [7, 11) is 3.58. The van der Waals surface area contributed by atoms with Gasteiger partial charge in [-0.15, -0.1) is 0 Å². The number of para-hydroxylation sites is 1. The molecule has 0 aliphatic carbocycles. The molecule has 2 aromatic heterocycles. The number of amides is 1. The zero-order chi connectivity index (χ0) is 30.8. The molecule has 5 N–H and O–H groups in total. The highest BCUT2D eigenvalue weighted by molar-refractivity contribution is 6.09. The van der Waals surface area contributed by atoms with Crippen LogP contribution < -0.4 is 21.1 Å². The molecule has 3 heterocycles. The van der Waals surface area contributed by atoms with Gasteiger partial charge in [0.2, 0.25) is 11.9 Å². The first-order chi connectivity index (χ1) is 20.9. The van der Waals surface area contributed by atoms with Crippen molar-refractivity contribution in [1.82, 2.24) is 24.8 Å². The summed E-state index contributed by atoms with van der Waals surface area (Å²) in [5, 5.41) is 15.2. The average molecular weight is 588 g/mol. The third kappa shape index (κ3) is 7.44. The Hall–Kier alpha value is -4.15. The molecular formula is C33H45N7O3. The third-order valence-corrected chi connectivity index (χ3v) is 7.57. The summed E-state index contributed by atoms with van der Waals surface area (Å²) < 4.78 is 8.08. The summed E-state index contributed by atoms with van der Waals surface area (Å²) in [5.74, 6) is 2.03. The van der Waals surface area contributed by atoms with Gasteiger partial charge in [-0.2, -0.15) is 4.98 Å². The van der Waals surface area contributed by atoms with Gasteiger partial charge < -0.3 is 35.7 Å². The fourth-order valence-electron chi connectivity index (χ4n) is 5.44. The molecule has 4 aromatic rings. The number of carbonyl (C=O) groups is 1. The van der Waals surface area contributed by atoms with E-state index in [1.165, 1.54) is 5.57 Å². The van der Waals surface area contributed by atoms with E-state index >= 15 is 0 Å². The fraction of sp³-hybridized carbons (Fsp3) is 0.424. The molecule has 10 heteroatoms. The summed E-state index contributed by atoms with van der Waals surface area (Å²) in [6, 6.07) is 14.6. The van der Waals surface area contributed by atoms with Gasteiger partial charge in [0.05, 0.1) is 19.2 Å². The molecule has 1 aliphatic rings. The molecule has 0 atom stereocenters. The average Bonchev–Trinajstić information content (AvgIpc) is 3.33. The maximum Gasteiger partial charge on any atom is 0.224 e. The topological polar surface area (TPSA) is 131 Å². The Morgan fingerprint density at radius 3 is 2.63 bits per heavy atom. The molecule has 0 bridgehead atoms. The van der Waals surface area contributed by atoms with E-state index in [9.17, 15) is 4.79 Å². The van der Waals surface area contributed by atoms with Crippen LogP contribution in [0.1, 0.15) is 50.7 Å². The number of hydrogen-bond donors (Lipinski definition) is 4. The SMILES string of the molecule is CCCCNc1nc(N)nc2c3ccccc3n(Cc3cc(C4=CCN(C(=O)CCNC)CC4)ccc3OC)c12.CCO. The number of unbranched alkanes of at least 4 members (excludes halogenated alkanes) is 1. The smallest absolute Gasteiger partial charge is 0.224 e. The summed E-state index contributed by atoms with van der Waals surface area (Å²) in [6.45, 7) is 7.56. The molecule has 1 amide bonds. The lowest BCUT2D eigenvalue weighted by Crippen LogP contribution is -2.35. The standard InChI is InChI=1S/C31H39N7O2.C2H6O/c1-4-5-15-34-30-29-28(35-31(32)36-30)24-8-6-7-9-25(24)38(29)20-23-19-22(10-11-26(23)40-3)21-13-17-37(18-14-21)27(39)12-16-33-2;1-2-3/h6-11,13,19,33H,4-5,12,14-18,20H2,1-3H3,(H3,32,34,35,36);3H,2H2,1H3. The Labute approximate surface area is 253 Å². The number of rotatable bonds is 11. The van der Waals surface area contributed by atoms with Crippen molar-refractivity contribution in [3.8, 4) is 5.75 Å². The second-order valence-electron chi connectivity index (χ2n) is 10.5. The Balaban J connectivity index is 0.00000135. The molecule has 0 radical (unpaired) electrons. The number of carbonyl (C=O) groups excluding carboxylic acids is 1. The molecule has 5 rings (SSSR count). The first-order valence-corrected chi connectivity index (χ1v) is 15.1. The number of hydrogen-bond acceptors (Lipinski definition) is 8. The number of methoxy groups -OCH3 is 1. The third-order valence-electron chi connectivity index (χ3n) is 7.57. The molecule has 2 aromatic carbocycles. The Morgan fingerprint density at radius 2 is 1.93 bits per heavy atom. The molecule has 1 aliphatic heterocycles. The first-order valence-electron chi connectivity index (χ1n) is 15.1. The van der Waals surface area contributed by atoms with Gasteiger partial charge in [-0.25, -0.2) is 4.98 Å². The predicted octanol–water partition coefficient (Wildman–Crippen LogP) is 4.66. The van der Waals surface area contributed by atoms with E-state index in [2.05, 4.69) is 62.4 Å². The highest BCUT2D eigenvalue weighted by Gasteiger charge is 2.21. The van der Waals surface area contributed by atoms with Gasteiger partial charge in [0.15, 0.2) is 5.82 Å². The number of anilines is 2. The molecule has 0 spiro atoms. The zero-order valence-electron chi connectivity index (χ0n) is 25.8. The predicted molar refractivity (Wildman–Crippen MR) is 175 cm³/mol. The van der Waals surface area contributed by atoms with Gasteiger partial charge in [0.1, 0.15) is 16.8 Å². The Bertz CT molecular complexity index is 1560. The zero-order valence-corrected chi connectivity index (χ0v) is 25.8. The maximum absolute atomic E-state index is 12.5. The van der Waals surface area contributed by atoms with Crippen LogP contribution >= 0.6 is 0 Å². The van der Waals surface area contributed by atoms with E-state index < -0.39 is 0 Å².